The van der Waals surface area contributed by atoms with Gasteiger partial charge in [-0.2, -0.15) is 0 Å². The van der Waals surface area contributed by atoms with Gasteiger partial charge in [-0.1, -0.05) is 109 Å². The van der Waals surface area contributed by atoms with Gasteiger partial charge in [0.25, 0.3) is 0 Å². The smallest absolute Gasteiger partial charge is 0.0468 e. The molecule has 0 radical (unpaired) electrons. The van der Waals surface area contributed by atoms with Crippen molar-refractivity contribution in [1.29, 1.82) is 0 Å². The van der Waals surface area contributed by atoms with E-state index in [0.29, 0.717) is 0 Å². The number of fused-ring (bicyclic) bond motifs is 3. The molecule has 0 atom stereocenters. The molecule has 0 amide bonds. The zero-order chi connectivity index (χ0) is 52.6. The Bertz CT molecular complexity index is 4020. The molecule has 0 fully saturated rings. The van der Waals surface area contributed by atoms with Crippen LogP contribution in [0.1, 0.15) is 27.8 Å². The Labute approximate surface area is 457 Å². The van der Waals surface area contributed by atoms with Gasteiger partial charge < -0.3 is 19.6 Å². The van der Waals surface area contributed by atoms with Crippen molar-refractivity contribution in [2.45, 2.75) is 34.6 Å². The van der Waals surface area contributed by atoms with Gasteiger partial charge in [-0.25, -0.2) is 0 Å². The van der Waals surface area contributed by atoms with E-state index in [1.807, 2.05) is 11.3 Å². The lowest BCUT2D eigenvalue weighted by atomic mass is 10.0. The molecule has 0 saturated heterocycles. The quantitative estimate of drug-likeness (QED) is 0.114. The summed E-state index contributed by atoms with van der Waals surface area (Å²) in [6, 6.07) is 93.5. The predicted octanol–water partition coefficient (Wildman–Crippen LogP) is 21.1. The first kappa shape index (κ1) is 48.8. The van der Waals surface area contributed by atoms with Gasteiger partial charge in [0.05, 0.1) is 0 Å². The van der Waals surface area contributed by atoms with Crippen LogP contribution in [0.4, 0.5) is 62.6 Å². The first-order chi connectivity index (χ1) is 37.6. The number of thiophene rings is 1. The molecule has 0 bridgehead atoms. The van der Waals surface area contributed by atoms with Crippen molar-refractivity contribution in [3.8, 4) is 22.3 Å². The van der Waals surface area contributed by atoms with Crippen molar-refractivity contribution in [3.63, 3.8) is 0 Å². The molecule has 374 valence electrons. The number of hydrogen-bond donors (Lipinski definition) is 0. The van der Waals surface area contributed by atoms with Gasteiger partial charge in [0.1, 0.15) is 0 Å². The first-order valence-corrected chi connectivity index (χ1v) is 27.3. The maximum Gasteiger partial charge on any atom is 0.0468 e. The van der Waals surface area contributed by atoms with E-state index in [9.17, 15) is 0 Å². The van der Waals surface area contributed by atoms with Crippen LogP contribution in [0.15, 0.2) is 255 Å². The number of nitrogens with zero attached hydrogens (tertiary/aromatic N) is 4. The van der Waals surface area contributed by atoms with Crippen LogP contribution in [0.25, 0.3) is 42.4 Å². The van der Waals surface area contributed by atoms with E-state index in [-0.39, 0.29) is 0 Å². The Morgan fingerprint density at radius 3 is 0.805 bits per heavy atom. The maximum absolute atomic E-state index is 2.39. The van der Waals surface area contributed by atoms with Gasteiger partial charge in [0.15, 0.2) is 0 Å². The molecule has 11 aromatic carbocycles. The van der Waals surface area contributed by atoms with Crippen LogP contribution in [-0.2, 0) is 0 Å². The van der Waals surface area contributed by atoms with Crippen molar-refractivity contribution < 1.29 is 0 Å². The zero-order valence-electron chi connectivity index (χ0n) is 44.4. The van der Waals surface area contributed by atoms with Crippen molar-refractivity contribution in [3.05, 3.63) is 283 Å². The Balaban J connectivity index is 0.843. The molecule has 1 aromatic heterocycles. The van der Waals surface area contributed by atoms with Gasteiger partial charge in [-0.3, -0.25) is 0 Å². The summed E-state index contributed by atoms with van der Waals surface area (Å²) in [5.41, 5.74) is 23.2. The summed E-state index contributed by atoms with van der Waals surface area (Å²) in [4.78, 5) is 9.36. The molecule has 5 heteroatoms. The fourth-order valence-corrected chi connectivity index (χ4v) is 11.8. The average Bonchev–Trinajstić information content (AvgIpc) is 3.89. The normalized spacial score (nSPS) is 11.2. The molecular formula is C72H60N4S. The first-order valence-electron chi connectivity index (χ1n) is 26.4. The molecule has 0 aliphatic carbocycles. The Hall–Kier alpha value is -9.16. The number of anilines is 11. The fourth-order valence-electron chi connectivity index (χ4n) is 10.7. The number of rotatable bonds is 13. The van der Waals surface area contributed by atoms with E-state index in [2.05, 4.69) is 316 Å². The van der Waals surface area contributed by atoms with E-state index in [4.69, 9.17) is 0 Å². The van der Waals surface area contributed by atoms with Crippen LogP contribution < -0.4 is 19.6 Å². The number of hydrogen-bond acceptors (Lipinski definition) is 5. The molecular weight excluding hydrogens is 953 g/mol. The zero-order valence-corrected chi connectivity index (χ0v) is 45.3. The van der Waals surface area contributed by atoms with Crippen molar-refractivity contribution in [2.24, 2.45) is 0 Å². The molecule has 4 nitrogen and oxygen atoms in total. The summed E-state index contributed by atoms with van der Waals surface area (Å²) in [7, 11) is 2.12. The van der Waals surface area contributed by atoms with Gasteiger partial charge in [-0.15, -0.1) is 11.3 Å². The van der Waals surface area contributed by atoms with Crippen LogP contribution in [0.2, 0.25) is 0 Å². The van der Waals surface area contributed by atoms with E-state index < -0.39 is 0 Å². The largest absolute Gasteiger partial charge is 0.345 e. The molecule has 12 rings (SSSR count). The summed E-state index contributed by atoms with van der Waals surface area (Å²) >= 11 is 1.85. The van der Waals surface area contributed by atoms with Crippen LogP contribution in [-0.4, -0.2) is 7.05 Å². The molecule has 0 aliphatic rings. The topological polar surface area (TPSA) is 13.0 Å². The summed E-state index contributed by atoms with van der Waals surface area (Å²) in [6.07, 6.45) is 0. The molecule has 1 heterocycles. The van der Waals surface area contributed by atoms with Crippen LogP contribution in [0.3, 0.4) is 0 Å². The van der Waals surface area contributed by atoms with Gasteiger partial charge in [0.2, 0.25) is 0 Å². The van der Waals surface area contributed by atoms with Gasteiger partial charge in [-0.05, 0) is 230 Å². The van der Waals surface area contributed by atoms with Crippen molar-refractivity contribution in [2.75, 3.05) is 26.6 Å². The third-order valence-electron chi connectivity index (χ3n) is 14.7. The standard InChI is InChI=1S/C72H60N4S/c1-49-12-7-17-62(42-49)73(6)58-30-22-54(23-31-58)55-24-32-59(33-25-55)74(63-18-8-13-50(2)43-63)60-34-26-56(27-35-60)57-28-36-61(37-29-57)75(64-19-9-14-51(3)44-64)67-38-40-71-69(47-67)70-48-68(39-41-72(70)77-71)76(65-20-10-15-52(4)45-65)66-21-11-16-53(5)46-66/h7-48H,1-6H3. The lowest BCUT2D eigenvalue weighted by Gasteiger charge is -2.27. The van der Waals surface area contributed by atoms with E-state index in [1.165, 1.54) is 64.8 Å². The lowest BCUT2D eigenvalue weighted by Crippen LogP contribution is -2.10. The van der Waals surface area contributed by atoms with Gasteiger partial charge in [0, 0.05) is 89.8 Å². The van der Waals surface area contributed by atoms with Crippen LogP contribution in [0.5, 0.6) is 0 Å². The number of benzene rings is 11. The minimum absolute atomic E-state index is 1.10. The lowest BCUT2D eigenvalue weighted by molar-refractivity contribution is 1.20. The highest BCUT2D eigenvalue weighted by Gasteiger charge is 2.20. The summed E-state index contributed by atoms with van der Waals surface area (Å²) in [6.45, 7) is 10.8. The van der Waals surface area contributed by atoms with E-state index in [0.717, 1.165) is 68.0 Å². The Morgan fingerprint density at radius 1 is 0.234 bits per heavy atom. The summed E-state index contributed by atoms with van der Waals surface area (Å²) < 4.78 is 2.54. The minimum atomic E-state index is 1.10. The summed E-state index contributed by atoms with van der Waals surface area (Å²) in [5, 5.41) is 2.50. The van der Waals surface area contributed by atoms with Crippen molar-refractivity contribution in [1.82, 2.24) is 0 Å². The molecule has 0 spiro atoms. The molecule has 0 aliphatic heterocycles. The minimum Gasteiger partial charge on any atom is -0.345 e. The highest BCUT2D eigenvalue weighted by Crippen LogP contribution is 2.45. The molecule has 0 unspecified atom stereocenters. The predicted molar refractivity (Wildman–Crippen MR) is 332 cm³/mol. The van der Waals surface area contributed by atoms with Crippen LogP contribution in [0, 0.1) is 34.6 Å². The summed E-state index contributed by atoms with van der Waals surface area (Å²) in [5.74, 6) is 0. The van der Waals surface area contributed by atoms with E-state index >= 15 is 0 Å². The molecule has 77 heavy (non-hydrogen) atoms. The Kier molecular flexibility index (Phi) is 13.2. The molecule has 0 saturated carbocycles. The second kappa shape index (κ2) is 20.9. The molecule has 0 N–H and O–H groups in total. The third kappa shape index (κ3) is 10.1. The monoisotopic (exact) mass is 1010 g/mol. The fraction of sp³-hybridized carbons (Fsp3) is 0.0833. The second-order valence-electron chi connectivity index (χ2n) is 20.4. The van der Waals surface area contributed by atoms with Crippen molar-refractivity contribution >= 4 is 94.1 Å². The van der Waals surface area contributed by atoms with Crippen LogP contribution >= 0.6 is 11.3 Å². The highest BCUT2D eigenvalue weighted by atomic mass is 32.1. The Morgan fingerprint density at radius 2 is 0.481 bits per heavy atom. The highest BCUT2D eigenvalue weighted by molar-refractivity contribution is 7.25. The molecule has 12 aromatic rings. The number of aryl methyl sites for hydroxylation is 5. The third-order valence-corrected chi connectivity index (χ3v) is 15.8. The second-order valence-corrected chi connectivity index (χ2v) is 21.5. The maximum atomic E-state index is 2.39. The SMILES string of the molecule is Cc1cccc(N(C)c2ccc(-c3ccc(N(c4ccc(-c5ccc(N(c6cccc(C)c6)c6ccc7sc8ccc(N(c9cccc(C)c9)c9cccc(C)c9)cc8c7c6)cc5)cc4)c4cccc(C)c4)cc3)cc2)c1. The average molecular weight is 1010 g/mol. The van der Waals surface area contributed by atoms with Gasteiger partial charge >= 0.3 is 0 Å². The van der Waals surface area contributed by atoms with E-state index in [1.54, 1.807) is 0 Å².